The molecule has 0 spiro atoms. The molecule has 1 aromatic heterocycles. The zero-order chi connectivity index (χ0) is 13.8. The van der Waals surface area contributed by atoms with E-state index in [1.807, 2.05) is 16.9 Å². The first-order chi connectivity index (χ1) is 9.83. The molecule has 1 aliphatic carbocycles. The van der Waals surface area contributed by atoms with Crippen LogP contribution in [-0.2, 0) is 11.3 Å². The maximum absolute atomic E-state index is 12.6. The van der Waals surface area contributed by atoms with Crippen molar-refractivity contribution < 1.29 is 4.79 Å². The van der Waals surface area contributed by atoms with Crippen molar-refractivity contribution in [1.29, 1.82) is 0 Å². The standard InChI is InChI=1S/C16H23N3O/c20-16(12-14-6-1-2-7-14)19-11-4-3-8-15(19)13-18-10-5-9-17-18/h1,5-6,9-10,14-15H,2-4,7-8,11-13H2/t14-,15-/m1/s1. The quantitative estimate of drug-likeness (QED) is 0.791. The van der Waals surface area contributed by atoms with Gasteiger partial charge < -0.3 is 4.90 Å². The van der Waals surface area contributed by atoms with Gasteiger partial charge in [-0.05, 0) is 44.1 Å². The van der Waals surface area contributed by atoms with Crippen molar-refractivity contribution >= 4 is 5.91 Å². The number of aromatic nitrogens is 2. The molecule has 1 amide bonds. The van der Waals surface area contributed by atoms with E-state index >= 15 is 0 Å². The van der Waals surface area contributed by atoms with Crippen molar-refractivity contribution in [3.8, 4) is 0 Å². The lowest BCUT2D eigenvalue weighted by Crippen LogP contribution is -2.46. The fourth-order valence-electron chi connectivity index (χ4n) is 3.35. The first-order valence-corrected chi connectivity index (χ1v) is 7.76. The molecule has 0 saturated carbocycles. The van der Waals surface area contributed by atoms with Crippen LogP contribution in [0.25, 0.3) is 0 Å². The summed E-state index contributed by atoms with van der Waals surface area (Å²) in [7, 11) is 0. The summed E-state index contributed by atoms with van der Waals surface area (Å²) < 4.78 is 1.95. The highest BCUT2D eigenvalue weighted by Gasteiger charge is 2.28. The topological polar surface area (TPSA) is 38.1 Å². The second-order valence-corrected chi connectivity index (χ2v) is 5.93. The predicted molar refractivity (Wildman–Crippen MR) is 78.1 cm³/mol. The van der Waals surface area contributed by atoms with Crippen molar-refractivity contribution in [2.24, 2.45) is 5.92 Å². The molecular formula is C16H23N3O. The normalized spacial score (nSPS) is 26.1. The van der Waals surface area contributed by atoms with E-state index < -0.39 is 0 Å². The number of hydrogen-bond donors (Lipinski definition) is 0. The molecule has 1 saturated heterocycles. The lowest BCUT2D eigenvalue weighted by Gasteiger charge is -2.36. The van der Waals surface area contributed by atoms with Crippen LogP contribution in [0.15, 0.2) is 30.6 Å². The lowest BCUT2D eigenvalue weighted by molar-refractivity contribution is -0.136. The van der Waals surface area contributed by atoms with Crippen LogP contribution in [-0.4, -0.2) is 33.2 Å². The Labute approximate surface area is 120 Å². The number of carbonyl (C=O) groups excluding carboxylic acids is 1. The molecule has 0 bridgehead atoms. The fourth-order valence-corrected chi connectivity index (χ4v) is 3.35. The molecule has 3 rings (SSSR count). The van der Waals surface area contributed by atoms with E-state index in [-0.39, 0.29) is 0 Å². The van der Waals surface area contributed by atoms with Crippen molar-refractivity contribution in [1.82, 2.24) is 14.7 Å². The summed E-state index contributed by atoms with van der Waals surface area (Å²) in [4.78, 5) is 14.7. The third-order valence-electron chi connectivity index (χ3n) is 4.45. The average Bonchev–Trinajstić information content (AvgIpc) is 3.13. The monoisotopic (exact) mass is 273 g/mol. The van der Waals surface area contributed by atoms with E-state index in [2.05, 4.69) is 22.2 Å². The highest BCUT2D eigenvalue weighted by atomic mass is 16.2. The van der Waals surface area contributed by atoms with Crippen LogP contribution >= 0.6 is 0 Å². The second kappa shape index (κ2) is 6.25. The van der Waals surface area contributed by atoms with Gasteiger partial charge in [0.25, 0.3) is 0 Å². The van der Waals surface area contributed by atoms with Crippen LogP contribution in [0.4, 0.5) is 0 Å². The highest BCUT2D eigenvalue weighted by Crippen LogP contribution is 2.25. The number of allylic oxidation sites excluding steroid dienone is 2. The Morgan fingerprint density at radius 3 is 3.00 bits per heavy atom. The molecule has 0 N–H and O–H groups in total. The van der Waals surface area contributed by atoms with Crippen LogP contribution in [0.1, 0.15) is 38.5 Å². The summed E-state index contributed by atoms with van der Waals surface area (Å²) in [6.45, 7) is 1.75. The molecule has 1 aromatic rings. The van der Waals surface area contributed by atoms with Crippen molar-refractivity contribution in [3.05, 3.63) is 30.6 Å². The van der Waals surface area contributed by atoms with Gasteiger partial charge in [-0.2, -0.15) is 5.10 Å². The van der Waals surface area contributed by atoms with Gasteiger partial charge >= 0.3 is 0 Å². The molecule has 20 heavy (non-hydrogen) atoms. The minimum Gasteiger partial charge on any atom is -0.338 e. The molecule has 0 aromatic carbocycles. The number of nitrogens with zero attached hydrogens (tertiary/aromatic N) is 3. The summed E-state index contributed by atoms with van der Waals surface area (Å²) in [6.07, 6.45) is 14.6. The molecule has 0 radical (unpaired) electrons. The first kappa shape index (κ1) is 13.4. The van der Waals surface area contributed by atoms with Gasteiger partial charge in [-0.1, -0.05) is 12.2 Å². The minimum absolute atomic E-state index is 0.321. The summed E-state index contributed by atoms with van der Waals surface area (Å²) >= 11 is 0. The summed E-state index contributed by atoms with van der Waals surface area (Å²) in [5.41, 5.74) is 0. The summed E-state index contributed by atoms with van der Waals surface area (Å²) in [5, 5.41) is 4.27. The molecule has 4 heteroatoms. The zero-order valence-electron chi connectivity index (χ0n) is 11.9. The van der Waals surface area contributed by atoms with E-state index in [1.54, 1.807) is 6.20 Å². The molecule has 2 heterocycles. The summed E-state index contributed by atoms with van der Waals surface area (Å²) in [5.74, 6) is 0.799. The number of rotatable bonds is 4. The largest absolute Gasteiger partial charge is 0.338 e. The lowest BCUT2D eigenvalue weighted by atomic mass is 9.99. The molecule has 108 valence electrons. The molecule has 2 aliphatic rings. The van der Waals surface area contributed by atoms with Gasteiger partial charge in [0, 0.05) is 25.4 Å². The first-order valence-electron chi connectivity index (χ1n) is 7.76. The molecule has 1 aliphatic heterocycles. The Hall–Kier alpha value is -1.58. The van der Waals surface area contributed by atoms with Gasteiger partial charge in [-0.25, -0.2) is 0 Å². The van der Waals surface area contributed by atoms with Crippen LogP contribution in [0.3, 0.4) is 0 Å². The van der Waals surface area contributed by atoms with Gasteiger partial charge in [-0.3, -0.25) is 9.48 Å². The smallest absolute Gasteiger partial charge is 0.223 e. The van der Waals surface area contributed by atoms with E-state index in [0.717, 1.165) is 38.8 Å². The van der Waals surface area contributed by atoms with Gasteiger partial charge in [0.2, 0.25) is 5.91 Å². The molecule has 4 nitrogen and oxygen atoms in total. The van der Waals surface area contributed by atoms with Crippen molar-refractivity contribution in [3.63, 3.8) is 0 Å². The van der Waals surface area contributed by atoms with Crippen LogP contribution in [0, 0.1) is 5.92 Å². The van der Waals surface area contributed by atoms with E-state index in [4.69, 9.17) is 0 Å². The third kappa shape index (κ3) is 3.11. The van der Waals surface area contributed by atoms with Gasteiger partial charge in [0.05, 0.1) is 12.6 Å². The molecular weight excluding hydrogens is 250 g/mol. The number of hydrogen-bond acceptors (Lipinski definition) is 2. The van der Waals surface area contributed by atoms with Crippen molar-refractivity contribution in [2.45, 2.75) is 51.1 Å². The number of piperidine rings is 1. The Kier molecular flexibility index (Phi) is 4.19. The summed E-state index contributed by atoms with van der Waals surface area (Å²) in [6, 6.07) is 2.26. The molecule has 0 unspecified atom stereocenters. The Bertz CT molecular complexity index is 466. The van der Waals surface area contributed by atoms with Gasteiger partial charge in [0.15, 0.2) is 0 Å². The fraction of sp³-hybridized carbons (Fsp3) is 0.625. The SMILES string of the molecule is O=C(C[C@@H]1C=CCC1)N1CCCC[C@@H]1Cn1cccn1. The maximum atomic E-state index is 12.6. The second-order valence-electron chi connectivity index (χ2n) is 5.93. The zero-order valence-corrected chi connectivity index (χ0v) is 11.9. The average molecular weight is 273 g/mol. The minimum atomic E-state index is 0.321. The van der Waals surface area contributed by atoms with Crippen LogP contribution in [0.5, 0.6) is 0 Å². The number of likely N-dealkylation sites (tertiary alicyclic amines) is 1. The third-order valence-corrected chi connectivity index (χ3v) is 4.45. The van der Waals surface area contributed by atoms with Gasteiger partial charge in [-0.15, -0.1) is 0 Å². The molecule has 2 atom stereocenters. The van der Waals surface area contributed by atoms with Crippen LogP contribution < -0.4 is 0 Å². The van der Waals surface area contributed by atoms with Gasteiger partial charge in [0.1, 0.15) is 0 Å². The maximum Gasteiger partial charge on any atom is 0.223 e. The number of amides is 1. The number of carbonyl (C=O) groups is 1. The van der Waals surface area contributed by atoms with E-state index in [1.165, 1.54) is 6.42 Å². The highest BCUT2D eigenvalue weighted by molar-refractivity contribution is 5.77. The van der Waals surface area contributed by atoms with E-state index in [9.17, 15) is 4.79 Å². The van der Waals surface area contributed by atoms with Crippen molar-refractivity contribution in [2.75, 3.05) is 6.54 Å². The van der Waals surface area contributed by atoms with Crippen LogP contribution in [0.2, 0.25) is 0 Å². The Balaban J connectivity index is 1.61. The van der Waals surface area contributed by atoms with E-state index in [0.29, 0.717) is 24.3 Å². The Morgan fingerprint density at radius 2 is 2.25 bits per heavy atom. The molecule has 1 fully saturated rings. The predicted octanol–water partition coefficient (Wildman–Crippen LogP) is 2.62. The Morgan fingerprint density at radius 1 is 1.30 bits per heavy atom.